The van der Waals surface area contributed by atoms with Gasteiger partial charge >= 0.3 is 0 Å². The zero-order valence-corrected chi connectivity index (χ0v) is 23.9. The lowest BCUT2D eigenvalue weighted by Gasteiger charge is -2.33. The molecule has 0 aromatic heterocycles. The van der Waals surface area contributed by atoms with Crippen LogP contribution in [-0.4, -0.2) is 56.6 Å². The van der Waals surface area contributed by atoms with Crippen molar-refractivity contribution in [2.24, 2.45) is 0 Å². The summed E-state index contributed by atoms with van der Waals surface area (Å²) < 4.78 is 26.5. The van der Waals surface area contributed by atoms with Gasteiger partial charge in [-0.1, -0.05) is 74.7 Å². The first-order chi connectivity index (χ1) is 18.2. The molecular weight excluding hydrogens is 498 g/mol. The van der Waals surface area contributed by atoms with E-state index in [1.807, 2.05) is 62.4 Å². The number of nitrogens with zero attached hydrogens (tertiary/aromatic N) is 2. The van der Waals surface area contributed by atoms with Crippen LogP contribution in [0, 0.1) is 6.92 Å². The van der Waals surface area contributed by atoms with E-state index in [9.17, 15) is 18.0 Å². The Morgan fingerprint density at radius 3 is 2.26 bits per heavy atom. The fourth-order valence-corrected chi connectivity index (χ4v) is 6.29. The first kappa shape index (κ1) is 29.7. The van der Waals surface area contributed by atoms with Crippen molar-refractivity contribution in [3.63, 3.8) is 0 Å². The summed E-state index contributed by atoms with van der Waals surface area (Å²) in [6.07, 6.45) is 8.32. The summed E-state index contributed by atoms with van der Waals surface area (Å²) in [5.74, 6) is -0.205. The zero-order chi connectivity index (χ0) is 27.5. The lowest BCUT2D eigenvalue weighted by Crippen LogP contribution is -2.52. The standard InChI is InChI=1S/C30H43N3O4S/c1-4-27(30(35)31-26-17-9-6-10-18-26)32(23-21-25-15-7-5-8-16-25)29(34)20-13-22-33(38(3,36)37)28-19-12-11-14-24(28)2/h5,7-8,11-12,14-16,19,26-27H,4,6,9-10,13,17-18,20-23H2,1-3H3,(H,31,35)/t27-/m0/s1. The normalized spacial score (nSPS) is 15.0. The minimum absolute atomic E-state index is 0.0847. The molecule has 0 spiro atoms. The summed E-state index contributed by atoms with van der Waals surface area (Å²) in [5, 5.41) is 3.20. The van der Waals surface area contributed by atoms with E-state index in [-0.39, 0.29) is 30.8 Å². The van der Waals surface area contributed by atoms with Crippen molar-refractivity contribution in [2.45, 2.75) is 83.7 Å². The highest BCUT2D eigenvalue weighted by Crippen LogP contribution is 2.23. The van der Waals surface area contributed by atoms with E-state index < -0.39 is 16.1 Å². The van der Waals surface area contributed by atoms with E-state index in [0.717, 1.165) is 36.8 Å². The van der Waals surface area contributed by atoms with Gasteiger partial charge in [0.15, 0.2) is 0 Å². The highest BCUT2D eigenvalue weighted by atomic mass is 32.2. The lowest BCUT2D eigenvalue weighted by molar-refractivity contribution is -0.141. The van der Waals surface area contributed by atoms with Gasteiger partial charge in [-0.3, -0.25) is 13.9 Å². The van der Waals surface area contributed by atoms with Crippen LogP contribution in [0.2, 0.25) is 0 Å². The Balaban J connectivity index is 1.72. The van der Waals surface area contributed by atoms with Crippen LogP contribution in [0.4, 0.5) is 5.69 Å². The summed E-state index contributed by atoms with van der Waals surface area (Å²) >= 11 is 0. The summed E-state index contributed by atoms with van der Waals surface area (Å²) in [5.41, 5.74) is 2.59. The molecular formula is C30H43N3O4S. The topological polar surface area (TPSA) is 86.8 Å². The first-order valence-corrected chi connectivity index (χ1v) is 15.7. The number of amides is 2. The predicted molar refractivity (Wildman–Crippen MR) is 154 cm³/mol. The molecule has 8 heteroatoms. The largest absolute Gasteiger partial charge is 0.352 e. The zero-order valence-electron chi connectivity index (χ0n) is 23.1. The Bertz CT molecular complexity index is 1150. The number of hydrogen-bond acceptors (Lipinski definition) is 4. The number of para-hydroxylation sites is 1. The van der Waals surface area contributed by atoms with Crippen molar-refractivity contribution in [3.05, 3.63) is 65.7 Å². The van der Waals surface area contributed by atoms with Crippen molar-refractivity contribution in [1.82, 2.24) is 10.2 Å². The van der Waals surface area contributed by atoms with Gasteiger partial charge in [-0.25, -0.2) is 8.42 Å². The maximum atomic E-state index is 13.6. The molecule has 0 radical (unpaired) electrons. The maximum Gasteiger partial charge on any atom is 0.243 e. The van der Waals surface area contributed by atoms with Gasteiger partial charge in [0, 0.05) is 25.6 Å². The first-order valence-electron chi connectivity index (χ1n) is 13.9. The highest BCUT2D eigenvalue weighted by molar-refractivity contribution is 7.92. The number of carbonyl (C=O) groups excluding carboxylic acids is 2. The van der Waals surface area contributed by atoms with E-state index in [1.165, 1.54) is 17.0 Å². The Morgan fingerprint density at radius 2 is 1.63 bits per heavy atom. The SMILES string of the molecule is CC[C@@H](C(=O)NC1CCCCC1)N(CCc1ccccc1)C(=O)CCCN(c1ccccc1C)S(C)(=O)=O. The lowest BCUT2D eigenvalue weighted by atomic mass is 9.95. The molecule has 3 rings (SSSR count). The van der Waals surface area contributed by atoms with E-state index >= 15 is 0 Å². The van der Waals surface area contributed by atoms with Crippen molar-refractivity contribution in [1.29, 1.82) is 0 Å². The van der Waals surface area contributed by atoms with Crippen LogP contribution in [0.25, 0.3) is 0 Å². The molecule has 1 aliphatic carbocycles. The number of rotatable bonds is 13. The average molecular weight is 542 g/mol. The summed E-state index contributed by atoms with van der Waals surface area (Å²) in [6, 6.07) is 16.9. The minimum Gasteiger partial charge on any atom is -0.352 e. The third kappa shape index (κ3) is 8.58. The molecule has 0 aliphatic heterocycles. The Morgan fingerprint density at radius 1 is 0.974 bits per heavy atom. The van der Waals surface area contributed by atoms with Crippen LogP contribution in [0.5, 0.6) is 0 Å². The summed E-state index contributed by atoms with van der Waals surface area (Å²) in [6.45, 7) is 4.46. The number of hydrogen-bond donors (Lipinski definition) is 1. The highest BCUT2D eigenvalue weighted by Gasteiger charge is 2.30. The molecule has 1 saturated carbocycles. The molecule has 0 saturated heterocycles. The van der Waals surface area contributed by atoms with Gasteiger partial charge in [0.2, 0.25) is 21.8 Å². The van der Waals surface area contributed by atoms with Crippen molar-refractivity contribution < 1.29 is 18.0 Å². The molecule has 0 heterocycles. The molecule has 2 aromatic carbocycles. The molecule has 38 heavy (non-hydrogen) atoms. The quantitative estimate of drug-likeness (QED) is 0.393. The van der Waals surface area contributed by atoms with Crippen LogP contribution in [0.15, 0.2) is 54.6 Å². The summed E-state index contributed by atoms with van der Waals surface area (Å²) in [7, 11) is -3.51. The number of nitrogens with one attached hydrogen (secondary N) is 1. The van der Waals surface area contributed by atoms with Gasteiger partial charge in [-0.2, -0.15) is 0 Å². The second-order valence-electron chi connectivity index (χ2n) is 10.3. The smallest absolute Gasteiger partial charge is 0.243 e. The fraction of sp³-hybridized carbons (Fsp3) is 0.533. The van der Waals surface area contributed by atoms with Crippen molar-refractivity contribution >= 4 is 27.5 Å². The Labute approximate surface area is 228 Å². The van der Waals surface area contributed by atoms with Crippen LogP contribution in [0.3, 0.4) is 0 Å². The molecule has 208 valence electrons. The summed E-state index contributed by atoms with van der Waals surface area (Å²) in [4.78, 5) is 28.6. The number of carbonyl (C=O) groups is 2. The molecule has 1 aliphatic rings. The van der Waals surface area contributed by atoms with Gasteiger partial charge in [0.1, 0.15) is 6.04 Å². The van der Waals surface area contributed by atoms with Crippen molar-refractivity contribution in [2.75, 3.05) is 23.7 Å². The maximum absolute atomic E-state index is 13.6. The second kappa shape index (κ2) is 14.3. The minimum atomic E-state index is -3.51. The van der Waals surface area contributed by atoms with Gasteiger partial charge < -0.3 is 10.2 Å². The van der Waals surface area contributed by atoms with E-state index in [4.69, 9.17) is 0 Å². The number of aryl methyl sites for hydroxylation is 1. The van der Waals surface area contributed by atoms with Crippen LogP contribution in [-0.2, 0) is 26.0 Å². The fourth-order valence-electron chi connectivity index (χ4n) is 5.27. The predicted octanol–water partition coefficient (Wildman–Crippen LogP) is 4.84. The number of benzene rings is 2. The van der Waals surface area contributed by atoms with Gasteiger partial charge in [0.25, 0.3) is 0 Å². The third-order valence-corrected chi connectivity index (χ3v) is 8.54. The molecule has 1 N–H and O–H groups in total. The molecule has 0 unspecified atom stereocenters. The molecule has 1 fully saturated rings. The van der Waals surface area contributed by atoms with Crippen LogP contribution < -0.4 is 9.62 Å². The number of anilines is 1. The van der Waals surface area contributed by atoms with Crippen LogP contribution >= 0.6 is 0 Å². The van der Waals surface area contributed by atoms with Crippen LogP contribution in [0.1, 0.15) is 69.4 Å². The molecule has 2 aromatic rings. The molecule has 2 amide bonds. The Hall–Kier alpha value is -2.87. The third-order valence-electron chi connectivity index (χ3n) is 7.36. The second-order valence-corrected chi connectivity index (χ2v) is 12.2. The van der Waals surface area contributed by atoms with E-state index in [0.29, 0.717) is 31.5 Å². The molecule has 1 atom stereocenters. The Kier molecular flexibility index (Phi) is 11.2. The van der Waals surface area contributed by atoms with Gasteiger partial charge in [-0.15, -0.1) is 0 Å². The molecule has 0 bridgehead atoms. The van der Waals surface area contributed by atoms with Gasteiger partial charge in [0.05, 0.1) is 11.9 Å². The monoisotopic (exact) mass is 541 g/mol. The molecule has 7 nitrogen and oxygen atoms in total. The number of sulfonamides is 1. The van der Waals surface area contributed by atoms with E-state index in [2.05, 4.69) is 5.32 Å². The average Bonchev–Trinajstić information content (AvgIpc) is 2.90. The van der Waals surface area contributed by atoms with Crippen molar-refractivity contribution in [3.8, 4) is 0 Å². The van der Waals surface area contributed by atoms with Gasteiger partial charge in [-0.05, 0) is 56.2 Å². The van der Waals surface area contributed by atoms with E-state index in [1.54, 1.807) is 11.0 Å².